The van der Waals surface area contributed by atoms with Gasteiger partial charge in [-0.3, -0.25) is 10.1 Å². The van der Waals surface area contributed by atoms with Crippen molar-refractivity contribution < 1.29 is 32.2 Å². The van der Waals surface area contributed by atoms with Gasteiger partial charge in [0.1, 0.15) is 5.75 Å². The number of carbonyl (C=O) groups excluding carboxylic acids is 2. The first kappa shape index (κ1) is 18.0. The molecule has 1 N–H and O–H groups in total. The molecule has 0 aromatic heterocycles. The number of amides is 1. The Kier molecular flexibility index (Phi) is 4.67. The Labute approximate surface area is 149 Å². The number of halogens is 4. The molecule has 0 saturated carbocycles. The van der Waals surface area contributed by atoms with Crippen LogP contribution in [0, 0.1) is 0 Å². The van der Waals surface area contributed by atoms with Gasteiger partial charge in [0.25, 0.3) is 5.91 Å². The molecule has 0 radical (unpaired) electrons. The summed E-state index contributed by atoms with van der Waals surface area (Å²) in [6.45, 7) is 0.515. The van der Waals surface area contributed by atoms with Crippen LogP contribution in [0.5, 0.6) is 5.75 Å². The van der Waals surface area contributed by atoms with Gasteiger partial charge in [-0.1, -0.05) is 0 Å². The summed E-state index contributed by atoms with van der Waals surface area (Å²) in [5, 5.41) is 2.74. The number of nitrogens with zero attached hydrogens (tertiary/aromatic N) is 1. The van der Waals surface area contributed by atoms with Gasteiger partial charge in [-0.2, -0.15) is 13.2 Å². The van der Waals surface area contributed by atoms with Crippen molar-refractivity contribution in [3.05, 3.63) is 27.7 Å². The number of fused-ring (bicyclic) bond motifs is 2. The van der Waals surface area contributed by atoms with Crippen LogP contribution in [0.3, 0.4) is 0 Å². The van der Waals surface area contributed by atoms with E-state index >= 15 is 0 Å². The van der Waals surface area contributed by atoms with Crippen LogP contribution in [-0.2, 0) is 16.0 Å². The van der Waals surface area contributed by atoms with E-state index in [9.17, 15) is 22.8 Å². The lowest BCUT2D eigenvalue weighted by Crippen LogP contribution is -2.63. The molecule has 1 aromatic rings. The molecular weight excluding hydrogens is 409 g/mol. The predicted octanol–water partition coefficient (Wildman–Crippen LogP) is 1.86. The molecule has 0 bridgehead atoms. The number of methoxy groups -OCH3 is 1. The van der Waals surface area contributed by atoms with Gasteiger partial charge in [0.15, 0.2) is 6.23 Å². The van der Waals surface area contributed by atoms with Crippen LogP contribution < -0.4 is 10.1 Å². The second-order valence-electron chi connectivity index (χ2n) is 5.65. The Hall–Kier alpha value is -1.81. The summed E-state index contributed by atoms with van der Waals surface area (Å²) in [5.41, 5.74) is 0.985. The van der Waals surface area contributed by atoms with Crippen molar-refractivity contribution in [2.24, 2.45) is 0 Å². The lowest BCUT2D eigenvalue weighted by Gasteiger charge is -2.44. The highest BCUT2D eigenvalue weighted by atomic mass is 79.9. The van der Waals surface area contributed by atoms with Gasteiger partial charge in [-0.25, -0.2) is 4.79 Å². The molecule has 10 heteroatoms. The number of carbonyl (C=O) groups is 2. The van der Waals surface area contributed by atoms with Gasteiger partial charge < -0.3 is 14.4 Å². The van der Waals surface area contributed by atoms with Crippen molar-refractivity contribution in [1.82, 2.24) is 10.2 Å². The molecule has 0 spiro atoms. The van der Waals surface area contributed by atoms with E-state index in [1.54, 1.807) is 12.1 Å². The monoisotopic (exact) mass is 422 g/mol. The summed E-state index contributed by atoms with van der Waals surface area (Å²) in [7, 11) is 1.45. The Morgan fingerprint density at radius 1 is 1.40 bits per heavy atom. The van der Waals surface area contributed by atoms with Crippen LogP contribution in [-0.4, -0.2) is 55.4 Å². The minimum absolute atomic E-state index is 0.201. The van der Waals surface area contributed by atoms with E-state index in [1.807, 2.05) is 0 Å². The van der Waals surface area contributed by atoms with Crippen LogP contribution in [0.2, 0.25) is 0 Å². The minimum atomic E-state index is -5.10. The third-order valence-corrected chi connectivity index (χ3v) is 4.90. The van der Waals surface area contributed by atoms with E-state index in [4.69, 9.17) is 4.74 Å². The van der Waals surface area contributed by atoms with Crippen molar-refractivity contribution in [1.29, 1.82) is 0 Å². The smallest absolute Gasteiger partial charge is 0.490 e. The van der Waals surface area contributed by atoms with Crippen molar-refractivity contribution >= 4 is 27.8 Å². The Morgan fingerprint density at radius 2 is 2.12 bits per heavy atom. The van der Waals surface area contributed by atoms with Gasteiger partial charge >= 0.3 is 12.1 Å². The molecule has 1 fully saturated rings. The Morgan fingerprint density at radius 3 is 2.76 bits per heavy atom. The first-order valence-corrected chi connectivity index (χ1v) is 8.21. The van der Waals surface area contributed by atoms with Crippen LogP contribution in [0.4, 0.5) is 13.2 Å². The van der Waals surface area contributed by atoms with E-state index in [2.05, 4.69) is 26.0 Å². The summed E-state index contributed by atoms with van der Waals surface area (Å²) < 4.78 is 47.9. The van der Waals surface area contributed by atoms with Crippen LogP contribution >= 0.6 is 15.9 Å². The number of esters is 1. The first-order valence-electron chi connectivity index (χ1n) is 7.41. The van der Waals surface area contributed by atoms with Gasteiger partial charge in [-0.15, -0.1) is 0 Å². The Bertz CT molecular complexity index is 725. The SMILES string of the molecule is COc1ccc(Br)c2c1CC1C(OC(=O)C(F)(F)F)NCCN1C2=O. The third kappa shape index (κ3) is 3.20. The number of benzene rings is 1. The van der Waals surface area contributed by atoms with Crippen LogP contribution in [0.1, 0.15) is 15.9 Å². The van der Waals surface area contributed by atoms with Crippen molar-refractivity contribution in [2.75, 3.05) is 20.2 Å². The molecule has 1 saturated heterocycles. The van der Waals surface area contributed by atoms with Gasteiger partial charge in [0.2, 0.25) is 0 Å². The summed E-state index contributed by atoms with van der Waals surface area (Å²) in [5.74, 6) is -2.17. The molecule has 2 aliphatic heterocycles. The van der Waals surface area contributed by atoms with Gasteiger partial charge in [0.05, 0.1) is 18.7 Å². The van der Waals surface area contributed by atoms with E-state index in [1.165, 1.54) is 12.0 Å². The fraction of sp³-hybridized carbons (Fsp3) is 0.467. The molecule has 2 unspecified atom stereocenters. The zero-order valence-electron chi connectivity index (χ0n) is 13.0. The normalized spacial score (nSPS) is 22.9. The maximum absolute atomic E-state index is 12.8. The van der Waals surface area contributed by atoms with Crippen molar-refractivity contribution in [3.63, 3.8) is 0 Å². The molecule has 2 aliphatic rings. The van der Waals surface area contributed by atoms with Gasteiger partial charge in [-0.05, 0) is 28.1 Å². The molecule has 0 aliphatic carbocycles. The van der Waals surface area contributed by atoms with E-state index in [0.29, 0.717) is 27.9 Å². The largest absolute Gasteiger partial charge is 0.496 e. The number of alkyl halides is 3. The fourth-order valence-electron chi connectivity index (χ4n) is 3.14. The summed E-state index contributed by atoms with van der Waals surface area (Å²) in [6.07, 6.45) is -6.14. The maximum atomic E-state index is 12.8. The summed E-state index contributed by atoms with van der Waals surface area (Å²) in [6, 6.07) is 2.60. The minimum Gasteiger partial charge on any atom is -0.496 e. The third-order valence-electron chi connectivity index (χ3n) is 4.24. The van der Waals surface area contributed by atoms with Crippen molar-refractivity contribution in [2.45, 2.75) is 24.9 Å². The van der Waals surface area contributed by atoms with Crippen LogP contribution in [0.25, 0.3) is 0 Å². The number of nitrogens with one attached hydrogen (secondary N) is 1. The highest BCUT2D eigenvalue weighted by Crippen LogP contribution is 2.37. The summed E-state index contributed by atoms with van der Waals surface area (Å²) in [4.78, 5) is 25.4. The second-order valence-corrected chi connectivity index (χ2v) is 6.51. The van der Waals surface area contributed by atoms with E-state index in [-0.39, 0.29) is 18.9 Å². The average molecular weight is 423 g/mol. The quantitative estimate of drug-likeness (QED) is 0.736. The zero-order chi connectivity index (χ0) is 18.4. The van der Waals surface area contributed by atoms with Gasteiger partial charge in [0, 0.05) is 29.5 Å². The van der Waals surface area contributed by atoms with E-state index < -0.39 is 24.4 Å². The molecule has 3 rings (SSSR count). The maximum Gasteiger partial charge on any atom is 0.490 e. The molecular formula is C15H14BrF3N2O4. The fourth-order valence-corrected chi connectivity index (χ4v) is 3.68. The molecule has 6 nitrogen and oxygen atoms in total. The lowest BCUT2D eigenvalue weighted by molar-refractivity contribution is -0.210. The average Bonchev–Trinajstić information content (AvgIpc) is 2.55. The zero-order valence-corrected chi connectivity index (χ0v) is 14.6. The molecule has 25 heavy (non-hydrogen) atoms. The molecule has 2 heterocycles. The predicted molar refractivity (Wildman–Crippen MR) is 83.2 cm³/mol. The molecule has 136 valence electrons. The number of piperazine rings is 1. The number of ether oxygens (including phenoxy) is 2. The van der Waals surface area contributed by atoms with Crippen molar-refractivity contribution in [3.8, 4) is 5.75 Å². The number of hydrogen-bond donors (Lipinski definition) is 1. The number of rotatable bonds is 2. The Balaban J connectivity index is 1.95. The number of hydrogen-bond acceptors (Lipinski definition) is 5. The second kappa shape index (κ2) is 6.49. The molecule has 1 amide bonds. The molecule has 2 atom stereocenters. The first-order chi connectivity index (χ1) is 11.7. The highest BCUT2D eigenvalue weighted by Gasteiger charge is 2.47. The standard InChI is InChI=1S/C15H14BrF3N2O4/c1-24-10-3-2-8(16)11-7(10)6-9-12(25-14(23)15(17,18)19)20-4-5-21(9)13(11)22/h2-3,9,12,20H,4-6H2,1H3. The van der Waals surface area contributed by atoms with E-state index in [0.717, 1.165) is 0 Å². The summed E-state index contributed by atoms with van der Waals surface area (Å²) >= 11 is 3.33. The highest BCUT2D eigenvalue weighted by molar-refractivity contribution is 9.10. The van der Waals surface area contributed by atoms with Crippen LogP contribution in [0.15, 0.2) is 16.6 Å². The molecule has 1 aromatic carbocycles. The lowest BCUT2D eigenvalue weighted by atomic mass is 9.90. The topological polar surface area (TPSA) is 67.9 Å².